The van der Waals surface area contributed by atoms with Gasteiger partial charge in [0.1, 0.15) is 25.6 Å². The van der Waals surface area contributed by atoms with Crippen molar-refractivity contribution in [2.24, 2.45) is 5.92 Å². The average Bonchev–Trinajstić information content (AvgIpc) is 2.59. The first-order chi connectivity index (χ1) is 11.9. The molecule has 25 heavy (non-hydrogen) atoms. The van der Waals surface area contributed by atoms with Gasteiger partial charge in [-0.05, 0) is 42.1 Å². The number of anilines is 1. The summed E-state index contributed by atoms with van der Waals surface area (Å²) in [6.07, 6.45) is 2.09. The van der Waals surface area contributed by atoms with Crippen molar-refractivity contribution in [3.63, 3.8) is 0 Å². The third-order valence-electron chi connectivity index (χ3n) is 3.42. The summed E-state index contributed by atoms with van der Waals surface area (Å²) < 4.78 is 13.0. The molecule has 2 aromatic rings. The van der Waals surface area contributed by atoms with E-state index >= 15 is 0 Å². The molecule has 0 aliphatic rings. The average molecular weight is 337 g/mol. The predicted molar refractivity (Wildman–Crippen MR) is 92.8 cm³/mol. The summed E-state index contributed by atoms with van der Waals surface area (Å²) in [5.74, 6) is -0.270. The Morgan fingerprint density at radius 3 is 2.68 bits per heavy atom. The van der Waals surface area contributed by atoms with Crippen LogP contribution in [0, 0.1) is 23.1 Å². The van der Waals surface area contributed by atoms with Crippen LogP contribution in [-0.2, 0) is 0 Å². The van der Waals surface area contributed by atoms with Crippen LogP contribution in [-0.4, -0.2) is 30.3 Å². The molecule has 0 fully saturated rings. The number of nitrogens with one attached hydrogen (secondary N) is 1. The first-order valence-electron chi connectivity index (χ1n) is 7.77. The van der Waals surface area contributed by atoms with Crippen LogP contribution in [0.3, 0.4) is 0 Å². The SMILES string of the molecule is [B]c1cnc(C#N)nc1N(CCC(C)C)NC(=O)c1ccc(F)cc1. The van der Waals surface area contributed by atoms with E-state index in [0.717, 1.165) is 6.42 Å². The monoisotopic (exact) mass is 337 g/mol. The van der Waals surface area contributed by atoms with Gasteiger partial charge in [0.25, 0.3) is 5.91 Å². The fourth-order valence-electron chi connectivity index (χ4n) is 2.04. The number of nitriles is 1. The van der Waals surface area contributed by atoms with Crippen molar-refractivity contribution < 1.29 is 9.18 Å². The number of hydrazine groups is 1. The van der Waals surface area contributed by atoms with E-state index in [-0.39, 0.29) is 17.1 Å². The minimum absolute atomic E-state index is 0.0465. The van der Waals surface area contributed by atoms with Gasteiger partial charge in [-0.2, -0.15) is 5.26 Å². The normalized spacial score (nSPS) is 10.4. The molecule has 0 saturated carbocycles. The lowest BCUT2D eigenvalue weighted by molar-refractivity contribution is 0.0948. The maximum atomic E-state index is 13.0. The zero-order valence-electron chi connectivity index (χ0n) is 14.0. The van der Waals surface area contributed by atoms with Gasteiger partial charge in [-0.1, -0.05) is 13.8 Å². The highest BCUT2D eigenvalue weighted by molar-refractivity contribution is 6.35. The highest BCUT2D eigenvalue weighted by atomic mass is 19.1. The molecule has 0 aliphatic carbocycles. The summed E-state index contributed by atoms with van der Waals surface area (Å²) in [5.41, 5.74) is 3.24. The lowest BCUT2D eigenvalue weighted by Crippen LogP contribution is -2.46. The van der Waals surface area contributed by atoms with Gasteiger partial charge >= 0.3 is 0 Å². The van der Waals surface area contributed by atoms with Gasteiger partial charge in [0.15, 0.2) is 0 Å². The second-order valence-electron chi connectivity index (χ2n) is 5.87. The Labute approximate surface area is 147 Å². The smallest absolute Gasteiger partial charge is 0.268 e. The summed E-state index contributed by atoms with van der Waals surface area (Å²) in [5, 5.41) is 10.5. The van der Waals surface area contributed by atoms with Crippen LogP contribution < -0.4 is 15.9 Å². The molecule has 0 spiro atoms. The van der Waals surface area contributed by atoms with Gasteiger partial charge in [0, 0.05) is 18.3 Å². The van der Waals surface area contributed by atoms with E-state index in [4.69, 9.17) is 13.1 Å². The predicted octanol–water partition coefficient (Wildman–Crippen LogP) is 1.48. The zero-order chi connectivity index (χ0) is 18.4. The Bertz CT molecular complexity index is 789. The number of halogens is 1. The minimum Gasteiger partial charge on any atom is -0.268 e. The molecule has 126 valence electrons. The van der Waals surface area contributed by atoms with Gasteiger partial charge in [-0.15, -0.1) is 0 Å². The number of rotatable bonds is 6. The lowest BCUT2D eigenvalue weighted by Gasteiger charge is -2.26. The second-order valence-corrected chi connectivity index (χ2v) is 5.87. The molecule has 6 nitrogen and oxygen atoms in total. The molecule has 1 aromatic heterocycles. The molecule has 1 aromatic carbocycles. The standard InChI is InChI=1S/C17H17BFN5O/c1-11(2)7-8-24(16-14(18)10-21-15(9-20)22-16)23-17(25)12-3-5-13(19)6-4-12/h3-6,10-11H,7-8H2,1-2H3,(H,23,25). The van der Waals surface area contributed by atoms with Crippen LogP contribution in [0.1, 0.15) is 36.5 Å². The molecule has 0 aliphatic heterocycles. The summed E-state index contributed by atoms with van der Waals surface area (Å²) in [6, 6.07) is 7.03. The quantitative estimate of drug-likeness (QED) is 0.638. The molecule has 2 radical (unpaired) electrons. The van der Waals surface area contributed by atoms with Crippen molar-refractivity contribution in [3.05, 3.63) is 47.7 Å². The van der Waals surface area contributed by atoms with Crippen LogP contribution in [0.4, 0.5) is 10.2 Å². The maximum absolute atomic E-state index is 13.0. The van der Waals surface area contributed by atoms with Crippen LogP contribution >= 0.6 is 0 Å². The van der Waals surface area contributed by atoms with E-state index in [1.54, 1.807) is 0 Å². The lowest BCUT2D eigenvalue weighted by atomic mass is 9.98. The highest BCUT2D eigenvalue weighted by Gasteiger charge is 2.17. The Kier molecular flexibility index (Phi) is 6.06. The summed E-state index contributed by atoms with van der Waals surface area (Å²) in [4.78, 5) is 20.3. The van der Waals surface area contributed by atoms with E-state index in [9.17, 15) is 9.18 Å². The molecule has 1 amide bonds. The number of amides is 1. The number of aromatic nitrogens is 2. The van der Waals surface area contributed by atoms with Crippen molar-refractivity contribution in [2.45, 2.75) is 20.3 Å². The Balaban J connectivity index is 2.28. The minimum atomic E-state index is -0.430. The van der Waals surface area contributed by atoms with Gasteiger partial charge < -0.3 is 0 Å². The molecule has 0 saturated heterocycles. The third kappa shape index (κ3) is 5.01. The van der Waals surface area contributed by atoms with Crippen molar-refractivity contribution in [1.29, 1.82) is 5.26 Å². The largest absolute Gasteiger partial charge is 0.269 e. The third-order valence-corrected chi connectivity index (χ3v) is 3.42. The number of carbonyl (C=O) groups is 1. The molecule has 0 unspecified atom stereocenters. The molecule has 1 heterocycles. The molecular formula is C17H17BFN5O. The van der Waals surface area contributed by atoms with Crippen LogP contribution in [0.5, 0.6) is 0 Å². The Hall–Kier alpha value is -2.95. The second kappa shape index (κ2) is 8.24. The number of benzene rings is 1. The molecular weight excluding hydrogens is 320 g/mol. The molecule has 0 bridgehead atoms. The number of hydrogen-bond donors (Lipinski definition) is 1. The number of nitrogens with zero attached hydrogens (tertiary/aromatic N) is 4. The summed E-state index contributed by atoms with van der Waals surface area (Å²) in [7, 11) is 5.91. The highest BCUT2D eigenvalue weighted by Crippen LogP contribution is 2.10. The maximum Gasteiger partial charge on any atom is 0.269 e. The molecule has 8 heteroatoms. The first kappa shape index (κ1) is 18.4. The first-order valence-corrected chi connectivity index (χ1v) is 7.77. The van der Waals surface area contributed by atoms with Crippen LogP contribution in [0.15, 0.2) is 30.5 Å². The van der Waals surface area contributed by atoms with Gasteiger partial charge in [0.2, 0.25) is 5.82 Å². The topological polar surface area (TPSA) is 81.9 Å². The van der Waals surface area contributed by atoms with E-state index in [1.807, 2.05) is 19.9 Å². The van der Waals surface area contributed by atoms with E-state index in [1.165, 1.54) is 35.5 Å². The summed E-state index contributed by atoms with van der Waals surface area (Å²) >= 11 is 0. The van der Waals surface area contributed by atoms with Crippen LogP contribution in [0.25, 0.3) is 0 Å². The van der Waals surface area contributed by atoms with Gasteiger partial charge in [0.05, 0.1) is 0 Å². The number of carbonyl (C=O) groups excluding carboxylic acids is 1. The number of hydrogen-bond acceptors (Lipinski definition) is 5. The van der Waals surface area contributed by atoms with Crippen molar-refractivity contribution in [3.8, 4) is 6.07 Å². The van der Waals surface area contributed by atoms with E-state index in [0.29, 0.717) is 18.0 Å². The molecule has 1 N–H and O–H groups in total. The van der Waals surface area contributed by atoms with Gasteiger partial charge in [-0.3, -0.25) is 15.2 Å². The Morgan fingerprint density at radius 2 is 2.08 bits per heavy atom. The molecule has 0 atom stereocenters. The zero-order valence-corrected chi connectivity index (χ0v) is 14.0. The van der Waals surface area contributed by atoms with E-state index in [2.05, 4.69) is 15.4 Å². The van der Waals surface area contributed by atoms with Crippen LogP contribution in [0.2, 0.25) is 0 Å². The van der Waals surface area contributed by atoms with E-state index < -0.39 is 11.7 Å². The van der Waals surface area contributed by atoms with Crippen molar-refractivity contribution in [1.82, 2.24) is 15.4 Å². The fourth-order valence-corrected chi connectivity index (χ4v) is 2.04. The fraction of sp³-hybridized carbons (Fsp3) is 0.294. The molecule has 2 rings (SSSR count). The van der Waals surface area contributed by atoms with Crippen molar-refractivity contribution in [2.75, 3.05) is 11.6 Å². The van der Waals surface area contributed by atoms with Gasteiger partial charge in [-0.25, -0.2) is 14.4 Å². The Morgan fingerprint density at radius 1 is 1.40 bits per heavy atom. The summed E-state index contributed by atoms with van der Waals surface area (Å²) in [6.45, 7) is 4.53. The van der Waals surface area contributed by atoms with Crippen molar-refractivity contribution >= 4 is 25.0 Å².